The minimum atomic E-state index is -0.901. The van der Waals surface area contributed by atoms with Crippen LogP contribution < -0.4 is 0 Å². The molecule has 0 amide bonds. The topological polar surface area (TPSA) is 63.1 Å². The van der Waals surface area contributed by atoms with Crippen LogP contribution in [-0.4, -0.2) is 21.0 Å². The second kappa shape index (κ2) is 3.54. The number of pyridine rings is 2. The minimum Gasteiger partial charge on any atom is -0.481 e. The fourth-order valence-electron chi connectivity index (χ4n) is 3.34. The smallest absolute Gasteiger partial charge is 0.314 e. The summed E-state index contributed by atoms with van der Waals surface area (Å²) in [7, 11) is 0. The Hall–Kier alpha value is -2.49. The third kappa shape index (κ3) is 1.18. The van der Waals surface area contributed by atoms with Crippen LogP contribution >= 0.6 is 0 Å². The first-order chi connectivity index (χ1) is 9.63. The fourth-order valence-corrected chi connectivity index (χ4v) is 3.34. The van der Waals surface area contributed by atoms with Crippen LogP contribution in [0.5, 0.6) is 0 Å². The van der Waals surface area contributed by atoms with Crippen LogP contribution in [0.2, 0.25) is 0 Å². The fraction of sp³-hybridized carbons (Fsp3) is 0.188. The number of nitrogens with zero attached hydrogens (tertiary/aromatic N) is 2. The van der Waals surface area contributed by atoms with Gasteiger partial charge in [-0.05, 0) is 31.0 Å². The Bertz CT molecular complexity index is 831. The number of fused-ring (bicyclic) bond motifs is 1. The number of carbonyl (C=O) groups is 1. The summed E-state index contributed by atoms with van der Waals surface area (Å²) in [5, 5.41) is 11.6. The van der Waals surface area contributed by atoms with Gasteiger partial charge in [-0.15, -0.1) is 0 Å². The van der Waals surface area contributed by atoms with Crippen LogP contribution in [-0.2, 0) is 16.6 Å². The molecular weight excluding hydrogens is 252 g/mol. The van der Waals surface area contributed by atoms with E-state index in [1.807, 2.05) is 24.3 Å². The molecule has 2 bridgehead atoms. The van der Waals surface area contributed by atoms with E-state index in [1.165, 1.54) is 0 Å². The summed E-state index contributed by atoms with van der Waals surface area (Å²) in [6, 6.07) is 7.61. The number of carboxylic acid groups (broad SMARTS) is 1. The standard InChI is InChI=1S/C16H12N2O2/c1-16(15(19)20)8-11-13-9(4-2-6-17-13)12(16)10-5-3-7-18-14(10)11/h2-7H,8H2,1H3,(H,19,20). The third-order valence-electron chi connectivity index (χ3n) is 4.28. The summed E-state index contributed by atoms with van der Waals surface area (Å²) < 4.78 is 0. The zero-order chi connectivity index (χ0) is 13.9. The summed E-state index contributed by atoms with van der Waals surface area (Å²) in [6.45, 7) is 1.79. The predicted octanol–water partition coefficient (Wildman–Crippen LogP) is 2.68. The molecule has 20 heavy (non-hydrogen) atoms. The van der Waals surface area contributed by atoms with Crippen molar-refractivity contribution >= 4 is 27.8 Å². The van der Waals surface area contributed by atoms with Gasteiger partial charge >= 0.3 is 5.97 Å². The molecule has 3 aromatic rings. The first kappa shape index (κ1) is 11.3. The van der Waals surface area contributed by atoms with Gasteiger partial charge in [0.1, 0.15) is 0 Å². The molecule has 0 radical (unpaired) electrons. The van der Waals surface area contributed by atoms with E-state index in [0.29, 0.717) is 6.42 Å². The van der Waals surface area contributed by atoms with Crippen molar-refractivity contribution in [1.82, 2.24) is 9.97 Å². The quantitative estimate of drug-likeness (QED) is 0.686. The van der Waals surface area contributed by atoms with Crippen molar-refractivity contribution in [2.24, 2.45) is 0 Å². The molecule has 1 unspecified atom stereocenters. The molecule has 2 heterocycles. The highest BCUT2D eigenvalue weighted by Crippen LogP contribution is 2.46. The third-order valence-corrected chi connectivity index (χ3v) is 4.28. The van der Waals surface area contributed by atoms with Gasteiger partial charge in [0.2, 0.25) is 0 Å². The van der Waals surface area contributed by atoms with Crippen LogP contribution in [0.3, 0.4) is 0 Å². The first-order valence-electron chi connectivity index (χ1n) is 6.51. The molecule has 0 spiro atoms. The number of benzene rings is 1. The van der Waals surface area contributed by atoms with Crippen LogP contribution in [0, 0.1) is 0 Å². The van der Waals surface area contributed by atoms with Crippen LogP contribution in [0.4, 0.5) is 0 Å². The van der Waals surface area contributed by atoms with E-state index < -0.39 is 11.4 Å². The molecule has 0 saturated heterocycles. The van der Waals surface area contributed by atoms with E-state index in [-0.39, 0.29) is 0 Å². The second-order valence-corrected chi connectivity index (χ2v) is 5.47. The Balaban J connectivity index is 2.32. The van der Waals surface area contributed by atoms with Crippen molar-refractivity contribution < 1.29 is 9.90 Å². The van der Waals surface area contributed by atoms with Crippen molar-refractivity contribution in [3.8, 4) is 0 Å². The van der Waals surface area contributed by atoms with Crippen LogP contribution in [0.25, 0.3) is 21.8 Å². The molecule has 98 valence electrons. The molecule has 2 aliphatic rings. The zero-order valence-electron chi connectivity index (χ0n) is 10.9. The summed E-state index contributed by atoms with van der Waals surface area (Å²) >= 11 is 0. The zero-order valence-corrected chi connectivity index (χ0v) is 10.9. The van der Waals surface area contributed by atoms with Gasteiger partial charge in [0.15, 0.2) is 0 Å². The molecule has 4 nitrogen and oxygen atoms in total. The molecular formula is C16H12N2O2. The number of hydrogen-bond donors (Lipinski definition) is 1. The Morgan fingerprint density at radius 1 is 1.15 bits per heavy atom. The van der Waals surface area contributed by atoms with E-state index in [2.05, 4.69) is 9.97 Å². The highest BCUT2D eigenvalue weighted by atomic mass is 16.4. The number of aliphatic carboxylic acids is 1. The molecule has 0 fully saturated rings. The summed E-state index contributed by atoms with van der Waals surface area (Å²) in [4.78, 5) is 20.7. The molecule has 1 aromatic carbocycles. The Morgan fingerprint density at radius 2 is 1.70 bits per heavy atom. The van der Waals surface area contributed by atoms with Gasteiger partial charge in [0.25, 0.3) is 0 Å². The monoisotopic (exact) mass is 264 g/mol. The Kier molecular flexibility index (Phi) is 2.01. The normalized spacial score (nSPS) is 20.6. The van der Waals surface area contributed by atoms with Crippen molar-refractivity contribution in [2.75, 3.05) is 0 Å². The lowest BCUT2D eigenvalue weighted by atomic mass is 9.68. The second-order valence-electron chi connectivity index (χ2n) is 5.47. The number of aromatic nitrogens is 2. The van der Waals surface area contributed by atoms with Crippen molar-refractivity contribution in [3.05, 3.63) is 47.8 Å². The molecule has 4 heteroatoms. The van der Waals surface area contributed by atoms with E-state index in [9.17, 15) is 9.90 Å². The lowest BCUT2D eigenvalue weighted by Crippen LogP contribution is -2.38. The van der Waals surface area contributed by atoms with Crippen LogP contribution in [0.15, 0.2) is 36.7 Å². The lowest BCUT2D eigenvalue weighted by molar-refractivity contribution is -0.143. The van der Waals surface area contributed by atoms with Crippen molar-refractivity contribution in [3.63, 3.8) is 0 Å². The molecule has 0 aliphatic heterocycles. The van der Waals surface area contributed by atoms with E-state index in [0.717, 1.165) is 32.9 Å². The predicted molar refractivity (Wildman–Crippen MR) is 75.7 cm³/mol. The maximum atomic E-state index is 11.8. The highest BCUT2D eigenvalue weighted by molar-refractivity contribution is 6.09. The van der Waals surface area contributed by atoms with E-state index in [1.54, 1.807) is 19.3 Å². The highest BCUT2D eigenvalue weighted by Gasteiger charge is 2.44. The van der Waals surface area contributed by atoms with Gasteiger partial charge in [-0.1, -0.05) is 12.1 Å². The number of carboxylic acids is 1. The molecule has 1 atom stereocenters. The number of hydrogen-bond acceptors (Lipinski definition) is 3. The number of rotatable bonds is 1. The van der Waals surface area contributed by atoms with Crippen molar-refractivity contribution in [1.29, 1.82) is 0 Å². The summed E-state index contributed by atoms with van der Waals surface area (Å²) in [6.07, 6.45) is 3.94. The van der Waals surface area contributed by atoms with E-state index >= 15 is 0 Å². The van der Waals surface area contributed by atoms with Gasteiger partial charge in [0.05, 0.1) is 16.4 Å². The first-order valence-corrected chi connectivity index (χ1v) is 6.51. The Labute approximate surface area is 115 Å². The average Bonchev–Trinajstić information content (AvgIpc) is 2.47. The van der Waals surface area contributed by atoms with Gasteiger partial charge in [-0.3, -0.25) is 14.8 Å². The minimum absolute atomic E-state index is 0.450. The van der Waals surface area contributed by atoms with E-state index in [4.69, 9.17) is 0 Å². The lowest BCUT2D eigenvalue weighted by Gasteiger charge is -2.34. The molecule has 2 aromatic heterocycles. The van der Waals surface area contributed by atoms with Gasteiger partial charge in [-0.25, -0.2) is 0 Å². The maximum Gasteiger partial charge on any atom is 0.314 e. The van der Waals surface area contributed by atoms with Gasteiger partial charge < -0.3 is 5.11 Å². The summed E-state index contributed by atoms with van der Waals surface area (Å²) in [5.41, 5.74) is 2.64. The molecule has 0 saturated carbocycles. The summed E-state index contributed by atoms with van der Waals surface area (Å²) in [5.74, 6) is -0.797. The van der Waals surface area contributed by atoms with Crippen LogP contribution in [0.1, 0.15) is 18.1 Å². The van der Waals surface area contributed by atoms with Gasteiger partial charge in [0, 0.05) is 28.7 Å². The Morgan fingerprint density at radius 3 is 2.20 bits per heavy atom. The average molecular weight is 264 g/mol. The largest absolute Gasteiger partial charge is 0.481 e. The van der Waals surface area contributed by atoms with Gasteiger partial charge in [-0.2, -0.15) is 0 Å². The molecule has 1 N–H and O–H groups in total. The molecule has 5 rings (SSSR count). The SMILES string of the molecule is CC1(C(=O)O)Cc2c3ncccc3c1c1cccnc21. The molecule has 2 aliphatic carbocycles. The van der Waals surface area contributed by atoms with Crippen molar-refractivity contribution in [2.45, 2.75) is 18.8 Å². The maximum absolute atomic E-state index is 11.8.